The minimum absolute atomic E-state index is 0.0342. The number of hydrogen-bond acceptors (Lipinski definition) is 4. The lowest BCUT2D eigenvalue weighted by molar-refractivity contribution is -0.118. The number of alkyl halides is 5. The molecule has 44 heavy (non-hydrogen) atoms. The average Bonchev–Trinajstić information content (AvgIpc) is 3.51. The first-order valence-electron chi connectivity index (χ1n) is 12.6. The van der Waals surface area contributed by atoms with Crippen LogP contribution in [0, 0.1) is 17.6 Å². The van der Waals surface area contributed by atoms with Crippen LogP contribution in [0.25, 0.3) is 0 Å². The number of benzene rings is 3. The number of halogens is 10. The van der Waals surface area contributed by atoms with Crippen molar-refractivity contribution in [2.24, 2.45) is 5.92 Å². The van der Waals surface area contributed by atoms with Crippen molar-refractivity contribution in [3.05, 3.63) is 97.5 Å². The van der Waals surface area contributed by atoms with E-state index in [9.17, 15) is 31.9 Å². The zero-order valence-corrected chi connectivity index (χ0v) is 26.8. The lowest BCUT2D eigenvalue weighted by atomic mass is 9.97. The highest BCUT2D eigenvalue weighted by Crippen LogP contribution is 2.65. The van der Waals surface area contributed by atoms with Gasteiger partial charge in [-0.05, 0) is 66.2 Å². The van der Waals surface area contributed by atoms with E-state index in [1.54, 1.807) is 18.2 Å². The summed E-state index contributed by atoms with van der Waals surface area (Å²) in [6, 6.07) is 10.5. The number of rotatable bonds is 10. The van der Waals surface area contributed by atoms with Crippen LogP contribution in [0.15, 0.2) is 48.5 Å². The molecule has 3 aromatic carbocycles. The third-order valence-corrected chi connectivity index (χ3v) is 9.80. The molecule has 0 bridgehead atoms. The highest BCUT2D eigenvalue weighted by molar-refractivity contribution is 8.01. The number of carbonyl (C=O) groups excluding carboxylic acids is 3. The molecule has 0 spiro atoms. The number of amides is 1. The van der Waals surface area contributed by atoms with Gasteiger partial charge in [0.1, 0.15) is 21.8 Å². The zero-order valence-electron chi connectivity index (χ0n) is 22.2. The summed E-state index contributed by atoms with van der Waals surface area (Å²) < 4.78 is 66.0. The van der Waals surface area contributed by atoms with E-state index in [-0.39, 0.29) is 26.9 Å². The molecule has 4 nitrogen and oxygen atoms in total. The number of hydrogen-bond donors (Lipinski definition) is 1. The van der Waals surface area contributed by atoms with E-state index >= 15 is 4.39 Å². The Balaban J connectivity index is 1.49. The van der Waals surface area contributed by atoms with Crippen LogP contribution in [0.3, 0.4) is 0 Å². The van der Waals surface area contributed by atoms with Gasteiger partial charge < -0.3 is 5.32 Å². The first kappa shape index (κ1) is 34.8. The van der Waals surface area contributed by atoms with E-state index in [0.29, 0.717) is 10.6 Å². The maximum atomic E-state index is 15.2. The Morgan fingerprint density at radius 1 is 0.932 bits per heavy atom. The van der Waals surface area contributed by atoms with Gasteiger partial charge >= 0.3 is 5.51 Å². The molecule has 234 valence electrons. The van der Waals surface area contributed by atoms with Gasteiger partial charge in [0, 0.05) is 35.6 Å². The summed E-state index contributed by atoms with van der Waals surface area (Å²) in [5.41, 5.74) is -5.15. The van der Waals surface area contributed by atoms with E-state index in [0.717, 1.165) is 19.1 Å². The average molecular weight is 734 g/mol. The number of nitrogens with one attached hydrogen (secondary N) is 1. The third-order valence-electron chi connectivity index (χ3n) is 6.90. The molecule has 15 heteroatoms. The molecule has 1 N–H and O–H groups in total. The fraction of sp³-hybridized carbons (Fsp3) is 0.276. The molecule has 1 fully saturated rings. The van der Waals surface area contributed by atoms with Crippen molar-refractivity contribution in [3.8, 4) is 0 Å². The molecule has 1 unspecified atom stereocenters. The summed E-state index contributed by atoms with van der Waals surface area (Å²) in [5, 5.41) is 1.56. The Kier molecular flexibility index (Phi) is 10.5. The summed E-state index contributed by atoms with van der Waals surface area (Å²) in [6.07, 6.45) is -1.58. The van der Waals surface area contributed by atoms with Crippen LogP contribution in [-0.4, -0.2) is 32.6 Å². The quantitative estimate of drug-likeness (QED) is 0.128. The van der Waals surface area contributed by atoms with Gasteiger partial charge in [-0.25, -0.2) is 8.78 Å². The first-order valence-corrected chi connectivity index (χ1v) is 15.4. The Hall–Kier alpha value is -2.08. The third kappa shape index (κ3) is 7.82. The van der Waals surface area contributed by atoms with E-state index in [1.807, 2.05) is 0 Å². The van der Waals surface area contributed by atoms with Crippen LogP contribution >= 0.6 is 69.8 Å². The number of anilines is 1. The molecule has 3 aromatic rings. The molecule has 1 aliphatic rings. The van der Waals surface area contributed by atoms with Crippen LogP contribution in [-0.2, 0) is 22.4 Å². The van der Waals surface area contributed by atoms with Gasteiger partial charge in [0.05, 0.1) is 26.2 Å². The molecule has 4 rings (SSSR count). The number of thioether (sulfide) groups is 1. The summed E-state index contributed by atoms with van der Waals surface area (Å²) in [5.74, 6) is -6.21. The van der Waals surface area contributed by atoms with Crippen LogP contribution in [0.5, 0.6) is 0 Å². The fourth-order valence-corrected chi connectivity index (χ4v) is 6.58. The van der Waals surface area contributed by atoms with Gasteiger partial charge in [-0.2, -0.15) is 13.2 Å². The molecule has 1 saturated carbocycles. The van der Waals surface area contributed by atoms with Gasteiger partial charge in [-0.15, -0.1) is 23.2 Å². The maximum Gasteiger partial charge on any atom is 0.442 e. The molecule has 0 aliphatic heterocycles. The van der Waals surface area contributed by atoms with Crippen LogP contribution in [0.1, 0.15) is 39.9 Å². The van der Waals surface area contributed by atoms with Gasteiger partial charge in [0.2, 0.25) is 5.91 Å². The number of carbonyl (C=O) groups is 3. The molecular formula is C29H19Cl5F5NO3S. The Bertz CT molecular complexity index is 1650. The summed E-state index contributed by atoms with van der Waals surface area (Å²) in [7, 11) is 0. The Morgan fingerprint density at radius 3 is 2.23 bits per heavy atom. The predicted molar refractivity (Wildman–Crippen MR) is 163 cm³/mol. The monoisotopic (exact) mass is 731 g/mol. The predicted octanol–water partition coefficient (Wildman–Crippen LogP) is 9.63. The van der Waals surface area contributed by atoms with E-state index < -0.39 is 86.2 Å². The standard InChI is InChI=1S/C29H19Cl5F5NO3S/c1-12(44-29(37,38)39)22(41)11-17-21(35)7-3-14(26(17)36)9-23(42)16-10-15(4-6-18(16)30)40-27(43)25-24(28(25,33)34)13-2-5-19(31)20(32)8-13/h2-8,10,12,24-25H,9,11H2,1H3,(H,40,43)/t12?,24-,25+/m0/s1. The van der Waals surface area contributed by atoms with Crippen LogP contribution in [0.2, 0.25) is 15.1 Å². The molecule has 3 atom stereocenters. The van der Waals surface area contributed by atoms with Crippen molar-refractivity contribution >= 4 is 92.9 Å². The van der Waals surface area contributed by atoms with Crippen molar-refractivity contribution < 1.29 is 36.3 Å². The topological polar surface area (TPSA) is 63.2 Å². The SMILES string of the molecule is CC(SC(F)(F)F)C(=O)Cc1c(F)ccc(CC(=O)c2cc(NC(=O)[C@H]3[C@H](c4ccc(Cl)c(Cl)c4)C3(Cl)Cl)ccc2Cl)c1F. The molecule has 1 aliphatic carbocycles. The van der Waals surface area contributed by atoms with E-state index in [4.69, 9.17) is 58.0 Å². The van der Waals surface area contributed by atoms with Crippen LogP contribution < -0.4 is 5.32 Å². The van der Waals surface area contributed by atoms with Gasteiger partial charge in [-0.1, -0.05) is 46.9 Å². The van der Waals surface area contributed by atoms with Crippen molar-refractivity contribution in [3.63, 3.8) is 0 Å². The smallest absolute Gasteiger partial charge is 0.326 e. The van der Waals surface area contributed by atoms with E-state index in [1.165, 1.54) is 18.2 Å². The maximum absolute atomic E-state index is 15.2. The molecule has 0 radical (unpaired) electrons. The first-order chi connectivity index (χ1) is 20.4. The van der Waals surface area contributed by atoms with E-state index in [2.05, 4.69) is 5.32 Å². The van der Waals surface area contributed by atoms with Gasteiger partial charge in [0.15, 0.2) is 5.78 Å². The lowest BCUT2D eigenvalue weighted by Crippen LogP contribution is -2.22. The minimum Gasteiger partial charge on any atom is -0.326 e. The van der Waals surface area contributed by atoms with Crippen LogP contribution in [0.4, 0.5) is 27.6 Å². The Labute approximate surface area is 277 Å². The highest BCUT2D eigenvalue weighted by atomic mass is 35.5. The summed E-state index contributed by atoms with van der Waals surface area (Å²) in [4.78, 5) is 38.5. The van der Waals surface area contributed by atoms with Gasteiger partial charge in [0.25, 0.3) is 0 Å². The van der Waals surface area contributed by atoms with Crippen molar-refractivity contribution in [1.82, 2.24) is 0 Å². The van der Waals surface area contributed by atoms with Crippen molar-refractivity contribution in [1.29, 1.82) is 0 Å². The normalized spacial score (nSPS) is 18.1. The fourth-order valence-electron chi connectivity index (χ4n) is 4.61. The molecule has 0 aromatic heterocycles. The number of Topliss-reactive ketones (excluding diaryl/α,β-unsaturated/α-hetero) is 2. The molecule has 0 heterocycles. The van der Waals surface area contributed by atoms with Crippen molar-refractivity contribution in [2.45, 2.75) is 40.8 Å². The second-order valence-electron chi connectivity index (χ2n) is 9.94. The second kappa shape index (κ2) is 13.3. The largest absolute Gasteiger partial charge is 0.442 e. The summed E-state index contributed by atoms with van der Waals surface area (Å²) in [6.45, 7) is 0.981. The molecule has 1 amide bonds. The molecular weight excluding hydrogens is 715 g/mol. The Morgan fingerprint density at radius 2 is 1.59 bits per heavy atom. The van der Waals surface area contributed by atoms with Crippen molar-refractivity contribution in [2.75, 3.05) is 5.32 Å². The highest BCUT2D eigenvalue weighted by Gasteiger charge is 2.67. The number of ketones is 2. The minimum atomic E-state index is -4.71. The summed E-state index contributed by atoms with van der Waals surface area (Å²) >= 11 is 30.4. The lowest BCUT2D eigenvalue weighted by Gasteiger charge is -2.14. The zero-order chi connectivity index (χ0) is 32.7. The molecule has 0 saturated heterocycles. The van der Waals surface area contributed by atoms with Gasteiger partial charge in [-0.3, -0.25) is 14.4 Å². The second-order valence-corrected chi connectivity index (χ2v) is 14.0.